The third-order valence-electron chi connectivity index (χ3n) is 3.97. The third kappa shape index (κ3) is 2.98. The highest BCUT2D eigenvalue weighted by atomic mass is 35.5. The molecule has 0 aliphatic carbocycles. The van der Waals surface area contributed by atoms with Crippen molar-refractivity contribution in [2.45, 2.75) is 23.8 Å². The van der Waals surface area contributed by atoms with Gasteiger partial charge in [-0.3, -0.25) is 0 Å². The van der Waals surface area contributed by atoms with E-state index in [-0.39, 0.29) is 16.5 Å². The van der Waals surface area contributed by atoms with E-state index >= 15 is 0 Å². The normalized spacial score (nSPS) is 19.2. The second kappa shape index (κ2) is 6.19. The van der Waals surface area contributed by atoms with Gasteiger partial charge in [0.25, 0.3) is 0 Å². The van der Waals surface area contributed by atoms with E-state index in [4.69, 9.17) is 11.6 Å². The van der Waals surface area contributed by atoms with Crippen molar-refractivity contribution < 1.29 is 17.2 Å². The molecule has 1 aliphatic heterocycles. The van der Waals surface area contributed by atoms with Gasteiger partial charge in [0.05, 0.1) is 16.0 Å². The lowest BCUT2D eigenvalue weighted by Crippen LogP contribution is -2.31. The van der Waals surface area contributed by atoms with Crippen LogP contribution in [0.4, 0.5) is 8.78 Å². The van der Waals surface area contributed by atoms with Crippen molar-refractivity contribution in [2.24, 2.45) is 0 Å². The number of rotatable bonds is 3. The first kappa shape index (κ1) is 16.4. The lowest BCUT2D eigenvalue weighted by molar-refractivity contribution is 0.386. The van der Waals surface area contributed by atoms with E-state index in [2.05, 4.69) is 0 Å². The lowest BCUT2D eigenvalue weighted by atomic mass is 10.1. The zero-order chi connectivity index (χ0) is 16.6. The van der Waals surface area contributed by atoms with E-state index in [1.54, 1.807) is 18.2 Å². The van der Waals surface area contributed by atoms with Gasteiger partial charge in [-0.2, -0.15) is 4.31 Å². The van der Waals surface area contributed by atoms with Crippen molar-refractivity contribution in [3.8, 4) is 0 Å². The van der Waals surface area contributed by atoms with E-state index in [0.717, 1.165) is 12.1 Å². The maximum Gasteiger partial charge on any atom is 0.243 e. The predicted octanol–water partition coefficient (Wildman–Crippen LogP) is 4.14. The maximum absolute atomic E-state index is 14.0. The number of sulfonamides is 1. The average Bonchev–Trinajstić information content (AvgIpc) is 3.00. The molecule has 3 rings (SSSR count). The molecular formula is C16H14ClF2NO2S. The first-order valence-corrected chi connectivity index (χ1v) is 8.94. The SMILES string of the molecule is O=S(=O)(c1ccc(F)c(Cl)c1)N1CCC[C@@H]1c1ccccc1F. The molecule has 1 atom stereocenters. The Hall–Kier alpha value is -1.50. The molecule has 1 aliphatic rings. The molecule has 0 spiro atoms. The topological polar surface area (TPSA) is 37.4 Å². The minimum absolute atomic E-state index is 0.0906. The van der Waals surface area contributed by atoms with Crippen molar-refractivity contribution in [1.82, 2.24) is 4.31 Å². The average molecular weight is 358 g/mol. The molecule has 1 heterocycles. The van der Waals surface area contributed by atoms with Gasteiger partial charge in [0.2, 0.25) is 10.0 Å². The molecule has 1 saturated heterocycles. The number of benzene rings is 2. The van der Waals surface area contributed by atoms with Crippen LogP contribution in [-0.4, -0.2) is 19.3 Å². The van der Waals surface area contributed by atoms with Gasteiger partial charge >= 0.3 is 0 Å². The van der Waals surface area contributed by atoms with E-state index in [1.165, 1.54) is 16.4 Å². The fourth-order valence-corrected chi connectivity index (χ4v) is 4.80. The molecule has 1 fully saturated rings. The number of hydrogen-bond acceptors (Lipinski definition) is 2. The first-order chi connectivity index (χ1) is 10.9. The standard InChI is InChI=1S/C16H14ClF2NO2S/c17-13-10-11(7-8-15(13)19)23(21,22)20-9-3-6-16(20)12-4-1-2-5-14(12)18/h1-2,4-5,7-8,10,16H,3,6,9H2/t16-/m1/s1. The summed E-state index contributed by atoms with van der Waals surface area (Å²) < 4.78 is 54.2. The maximum atomic E-state index is 14.0. The minimum atomic E-state index is -3.88. The summed E-state index contributed by atoms with van der Waals surface area (Å²) >= 11 is 5.69. The van der Waals surface area contributed by atoms with Crippen LogP contribution in [0.2, 0.25) is 5.02 Å². The van der Waals surface area contributed by atoms with Crippen molar-refractivity contribution in [3.63, 3.8) is 0 Å². The monoisotopic (exact) mass is 357 g/mol. The van der Waals surface area contributed by atoms with E-state index < -0.39 is 27.7 Å². The van der Waals surface area contributed by atoms with Crippen LogP contribution in [0.5, 0.6) is 0 Å². The molecule has 7 heteroatoms. The van der Waals surface area contributed by atoms with Crippen molar-refractivity contribution in [3.05, 3.63) is 64.7 Å². The summed E-state index contributed by atoms with van der Waals surface area (Å²) in [4.78, 5) is -0.0906. The summed E-state index contributed by atoms with van der Waals surface area (Å²) in [6.45, 7) is 0.288. The molecular weight excluding hydrogens is 344 g/mol. The first-order valence-electron chi connectivity index (χ1n) is 7.12. The minimum Gasteiger partial charge on any atom is -0.207 e. The summed E-state index contributed by atoms with van der Waals surface area (Å²) in [7, 11) is -3.88. The zero-order valence-corrected chi connectivity index (χ0v) is 13.6. The summed E-state index contributed by atoms with van der Waals surface area (Å²) in [5.74, 6) is -1.12. The fourth-order valence-electron chi connectivity index (χ4n) is 2.86. The number of nitrogens with zero attached hydrogens (tertiary/aromatic N) is 1. The summed E-state index contributed by atoms with van der Waals surface area (Å²) in [6.07, 6.45) is 1.17. The molecule has 2 aromatic rings. The highest BCUT2D eigenvalue weighted by Crippen LogP contribution is 2.37. The molecule has 0 N–H and O–H groups in total. The molecule has 0 bridgehead atoms. The van der Waals surface area contributed by atoms with Crippen molar-refractivity contribution in [2.75, 3.05) is 6.54 Å². The Morgan fingerprint density at radius 1 is 1.09 bits per heavy atom. The lowest BCUT2D eigenvalue weighted by Gasteiger charge is -2.24. The fraction of sp³-hybridized carbons (Fsp3) is 0.250. The van der Waals surface area contributed by atoms with E-state index in [0.29, 0.717) is 18.4 Å². The van der Waals surface area contributed by atoms with Crippen LogP contribution in [-0.2, 0) is 10.0 Å². The van der Waals surface area contributed by atoms with Gasteiger partial charge in [0, 0.05) is 12.1 Å². The second-order valence-corrected chi connectivity index (χ2v) is 7.67. The molecule has 0 aromatic heterocycles. The van der Waals surface area contributed by atoms with Gasteiger partial charge in [0.15, 0.2) is 0 Å². The van der Waals surface area contributed by atoms with Crippen LogP contribution in [0.1, 0.15) is 24.4 Å². The molecule has 0 radical (unpaired) electrons. The Kier molecular flexibility index (Phi) is 4.40. The Bertz CT molecular complexity index is 842. The van der Waals surface area contributed by atoms with Crippen molar-refractivity contribution in [1.29, 1.82) is 0 Å². The van der Waals surface area contributed by atoms with Crippen LogP contribution in [0, 0.1) is 11.6 Å². The van der Waals surface area contributed by atoms with E-state index in [9.17, 15) is 17.2 Å². The highest BCUT2D eigenvalue weighted by Gasteiger charge is 2.37. The van der Waals surface area contributed by atoms with Gasteiger partial charge < -0.3 is 0 Å². The predicted molar refractivity (Wildman–Crippen MR) is 83.7 cm³/mol. The Morgan fingerprint density at radius 2 is 1.83 bits per heavy atom. The molecule has 2 aromatic carbocycles. The number of halogens is 3. The summed E-state index contributed by atoms with van der Waals surface area (Å²) in [5, 5.41) is -0.257. The highest BCUT2D eigenvalue weighted by molar-refractivity contribution is 7.89. The molecule has 0 amide bonds. The quantitative estimate of drug-likeness (QED) is 0.827. The molecule has 3 nitrogen and oxygen atoms in total. The largest absolute Gasteiger partial charge is 0.243 e. The van der Waals surface area contributed by atoms with Gasteiger partial charge in [-0.1, -0.05) is 29.8 Å². The summed E-state index contributed by atoms with van der Waals surface area (Å²) in [5.41, 5.74) is 0.349. The molecule has 122 valence electrons. The number of hydrogen-bond donors (Lipinski definition) is 0. The van der Waals surface area contributed by atoms with Crippen molar-refractivity contribution >= 4 is 21.6 Å². The van der Waals surface area contributed by atoms with Crippen LogP contribution >= 0.6 is 11.6 Å². The Morgan fingerprint density at radius 3 is 2.52 bits per heavy atom. The summed E-state index contributed by atoms with van der Waals surface area (Å²) in [6, 6.07) is 8.85. The van der Waals surface area contributed by atoms with E-state index in [1.807, 2.05) is 0 Å². The Balaban J connectivity index is 2.01. The van der Waals surface area contributed by atoms with Gasteiger partial charge in [0.1, 0.15) is 11.6 Å². The van der Waals surface area contributed by atoms with Crippen LogP contribution in [0.15, 0.2) is 47.4 Å². The van der Waals surface area contributed by atoms with Crippen LogP contribution in [0.3, 0.4) is 0 Å². The van der Waals surface area contributed by atoms with Gasteiger partial charge in [-0.25, -0.2) is 17.2 Å². The Labute approximate surface area is 138 Å². The third-order valence-corrected chi connectivity index (χ3v) is 6.16. The molecule has 0 saturated carbocycles. The molecule has 0 unspecified atom stereocenters. The van der Waals surface area contributed by atoms with Gasteiger partial charge in [-0.15, -0.1) is 0 Å². The van der Waals surface area contributed by atoms with Crippen LogP contribution in [0.25, 0.3) is 0 Å². The van der Waals surface area contributed by atoms with Crippen LogP contribution < -0.4 is 0 Å². The second-order valence-electron chi connectivity index (χ2n) is 5.37. The zero-order valence-electron chi connectivity index (χ0n) is 12.0. The molecule has 23 heavy (non-hydrogen) atoms. The van der Waals surface area contributed by atoms with Gasteiger partial charge in [-0.05, 0) is 37.1 Å². The smallest absolute Gasteiger partial charge is 0.207 e.